The number of hydrogen-bond donors (Lipinski definition) is 0. The fraction of sp³-hybridized carbons (Fsp3) is 0.571. The summed E-state index contributed by atoms with van der Waals surface area (Å²) in [5, 5.41) is 0. The van der Waals surface area contributed by atoms with Crippen molar-refractivity contribution in [3.8, 4) is 0 Å². The number of piperidine rings is 1. The number of nitrogens with zero attached hydrogens (tertiary/aromatic N) is 2. The lowest BCUT2D eigenvalue weighted by molar-refractivity contribution is -0.148. The molecule has 4 nitrogen and oxygen atoms in total. The van der Waals surface area contributed by atoms with Crippen molar-refractivity contribution >= 4 is 5.97 Å². The Morgan fingerprint density at radius 1 is 1.36 bits per heavy atom. The molecule has 2 heterocycles. The van der Waals surface area contributed by atoms with E-state index in [9.17, 15) is 22.4 Å². The first-order valence-electron chi connectivity index (χ1n) is 6.92. The summed E-state index contributed by atoms with van der Waals surface area (Å²) in [6, 6.07) is 2.70. The van der Waals surface area contributed by atoms with E-state index in [2.05, 4.69) is 4.98 Å². The minimum Gasteiger partial charge on any atom is -0.462 e. The van der Waals surface area contributed by atoms with Crippen LogP contribution < -0.4 is 0 Å². The second-order valence-corrected chi connectivity index (χ2v) is 5.27. The highest BCUT2D eigenvalue weighted by atomic mass is 19.4. The molecule has 1 fully saturated rings. The van der Waals surface area contributed by atoms with Gasteiger partial charge in [-0.2, -0.15) is 17.6 Å². The summed E-state index contributed by atoms with van der Waals surface area (Å²) in [7, 11) is 0. The summed E-state index contributed by atoms with van der Waals surface area (Å²) in [6.45, 7) is -0.223. The Morgan fingerprint density at radius 2 is 2.05 bits per heavy atom. The predicted molar refractivity (Wildman–Crippen MR) is 69.7 cm³/mol. The Hall–Kier alpha value is -1.70. The van der Waals surface area contributed by atoms with Crippen LogP contribution in [-0.2, 0) is 4.74 Å². The zero-order chi connectivity index (χ0) is 16.2. The van der Waals surface area contributed by atoms with Crippen LogP contribution >= 0.6 is 0 Å². The fourth-order valence-corrected chi connectivity index (χ4v) is 2.37. The standard InChI is InChI=1S/C14H16F4N2O2/c15-12-11(2-1-5-19-12)13(21)22-8-10-3-6-20(7-4-10)9-14(16,17)18/h1-2,5,10H,3-4,6-9H2. The van der Waals surface area contributed by atoms with Gasteiger partial charge in [-0.1, -0.05) is 0 Å². The van der Waals surface area contributed by atoms with Crippen molar-refractivity contribution in [2.24, 2.45) is 5.92 Å². The average Bonchev–Trinajstić information content (AvgIpc) is 2.45. The summed E-state index contributed by atoms with van der Waals surface area (Å²) in [5.74, 6) is -1.70. The van der Waals surface area contributed by atoms with E-state index < -0.39 is 24.6 Å². The molecule has 0 radical (unpaired) electrons. The second kappa shape index (κ2) is 7.04. The van der Waals surface area contributed by atoms with E-state index in [4.69, 9.17) is 4.74 Å². The summed E-state index contributed by atoms with van der Waals surface area (Å²) < 4.78 is 55.1. The average molecular weight is 320 g/mol. The van der Waals surface area contributed by atoms with Crippen molar-refractivity contribution in [1.29, 1.82) is 0 Å². The maximum Gasteiger partial charge on any atom is 0.401 e. The quantitative estimate of drug-likeness (QED) is 0.486. The third kappa shape index (κ3) is 4.94. The molecule has 0 N–H and O–H groups in total. The number of hydrogen-bond acceptors (Lipinski definition) is 4. The van der Waals surface area contributed by atoms with Crippen LogP contribution in [0.1, 0.15) is 23.2 Å². The van der Waals surface area contributed by atoms with Crippen molar-refractivity contribution in [2.45, 2.75) is 19.0 Å². The number of esters is 1. The van der Waals surface area contributed by atoms with Gasteiger partial charge in [0, 0.05) is 6.20 Å². The van der Waals surface area contributed by atoms with Crippen molar-refractivity contribution in [1.82, 2.24) is 9.88 Å². The van der Waals surface area contributed by atoms with Crippen LogP contribution in [0, 0.1) is 11.9 Å². The Balaban J connectivity index is 1.75. The van der Waals surface area contributed by atoms with E-state index in [1.165, 1.54) is 23.2 Å². The molecule has 0 unspecified atom stereocenters. The SMILES string of the molecule is O=C(OCC1CCN(CC(F)(F)F)CC1)c1cccnc1F. The first-order valence-corrected chi connectivity index (χ1v) is 6.92. The lowest BCUT2D eigenvalue weighted by Gasteiger charge is -2.31. The molecular formula is C14H16F4N2O2. The molecule has 1 aliphatic rings. The van der Waals surface area contributed by atoms with Crippen molar-refractivity contribution < 1.29 is 27.1 Å². The Bertz CT molecular complexity index is 514. The van der Waals surface area contributed by atoms with Gasteiger partial charge in [-0.05, 0) is 44.0 Å². The van der Waals surface area contributed by atoms with Gasteiger partial charge in [-0.3, -0.25) is 4.90 Å². The summed E-state index contributed by atoms with van der Waals surface area (Å²) in [6.07, 6.45) is -1.95. The molecule has 0 saturated carbocycles. The number of alkyl halides is 3. The van der Waals surface area contributed by atoms with Gasteiger partial charge in [0.2, 0.25) is 5.95 Å². The molecule has 0 aliphatic carbocycles. The van der Waals surface area contributed by atoms with E-state index in [1.807, 2.05) is 0 Å². The topological polar surface area (TPSA) is 42.4 Å². The van der Waals surface area contributed by atoms with E-state index >= 15 is 0 Å². The highest BCUT2D eigenvalue weighted by Crippen LogP contribution is 2.23. The number of ether oxygens (including phenoxy) is 1. The van der Waals surface area contributed by atoms with Crippen molar-refractivity contribution in [2.75, 3.05) is 26.2 Å². The maximum atomic E-state index is 13.3. The van der Waals surface area contributed by atoms with E-state index in [0.717, 1.165) is 0 Å². The molecule has 2 rings (SSSR count). The van der Waals surface area contributed by atoms with Crippen LogP contribution in [0.15, 0.2) is 18.3 Å². The van der Waals surface area contributed by atoms with E-state index in [-0.39, 0.29) is 18.1 Å². The molecule has 0 bridgehead atoms. The monoisotopic (exact) mass is 320 g/mol. The third-order valence-corrected chi connectivity index (χ3v) is 3.54. The smallest absolute Gasteiger partial charge is 0.401 e. The zero-order valence-electron chi connectivity index (χ0n) is 11.8. The van der Waals surface area contributed by atoms with Crippen LogP contribution in [0.2, 0.25) is 0 Å². The highest BCUT2D eigenvalue weighted by molar-refractivity contribution is 5.89. The van der Waals surface area contributed by atoms with Crippen molar-refractivity contribution in [3.63, 3.8) is 0 Å². The number of aromatic nitrogens is 1. The molecule has 0 amide bonds. The van der Waals surface area contributed by atoms with Gasteiger partial charge in [-0.15, -0.1) is 0 Å². The maximum absolute atomic E-state index is 13.3. The van der Waals surface area contributed by atoms with Crippen molar-refractivity contribution in [3.05, 3.63) is 29.8 Å². The van der Waals surface area contributed by atoms with Gasteiger partial charge in [0.15, 0.2) is 0 Å². The van der Waals surface area contributed by atoms with Gasteiger partial charge in [0.25, 0.3) is 0 Å². The molecule has 22 heavy (non-hydrogen) atoms. The molecule has 0 aromatic carbocycles. The van der Waals surface area contributed by atoms with Gasteiger partial charge in [0.05, 0.1) is 13.2 Å². The zero-order valence-corrected chi connectivity index (χ0v) is 11.8. The van der Waals surface area contributed by atoms with Crippen LogP contribution in [0.4, 0.5) is 17.6 Å². The number of rotatable bonds is 4. The summed E-state index contributed by atoms with van der Waals surface area (Å²) in [5.41, 5.74) is -0.239. The lowest BCUT2D eigenvalue weighted by Crippen LogP contribution is -2.40. The second-order valence-electron chi connectivity index (χ2n) is 5.27. The van der Waals surface area contributed by atoms with Crippen LogP contribution in [0.3, 0.4) is 0 Å². The largest absolute Gasteiger partial charge is 0.462 e. The molecule has 122 valence electrons. The molecule has 8 heteroatoms. The molecule has 0 atom stereocenters. The Kier molecular flexibility index (Phi) is 5.33. The minimum atomic E-state index is -4.20. The third-order valence-electron chi connectivity index (χ3n) is 3.54. The lowest BCUT2D eigenvalue weighted by atomic mass is 9.98. The van der Waals surface area contributed by atoms with Crippen LogP contribution in [0.25, 0.3) is 0 Å². The molecule has 1 saturated heterocycles. The highest BCUT2D eigenvalue weighted by Gasteiger charge is 2.32. The summed E-state index contributed by atoms with van der Waals surface area (Å²) >= 11 is 0. The molecular weight excluding hydrogens is 304 g/mol. The Labute approximate surface area is 125 Å². The van der Waals surface area contributed by atoms with Gasteiger partial charge >= 0.3 is 12.1 Å². The molecule has 0 spiro atoms. The Morgan fingerprint density at radius 3 is 2.64 bits per heavy atom. The van der Waals surface area contributed by atoms with Gasteiger partial charge in [0.1, 0.15) is 5.56 Å². The van der Waals surface area contributed by atoms with Crippen LogP contribution in [-0.4, -0.2) is 48.3 Å². The van der Waals surface area contributed by atoms with E-state index in [1.54, 1.807) is 0 Å². The molecule has 1 aromatic rings. The number of carbonyl (C=O) groups excluding carboxylic acids is 1. The number of carbonyl (C=O) groups is 1. The molecule has 1 aliphatic heterocycles. The first-order chi connectivity index (χ1) is 10.3. The predicted octanol–water partition coefficient (Wildman–Crippen LogP) is 2.65. The molecule has 1 aromatic heterocycles. The first kappa shape index (κ1) is 16.7. The number of likely N-dealkylation sites (tertiary alicyclic amines) is 1. The van der Waals surface area contributed by atoms with Crippen LogP contribution in [0.5, 0.6) is 0 Å². The fourth-order valence-electron chi connectivity index (χ4n) is 2.37. The number of pyridine rings is 1. The number of halogens is 4. The normalized spacial score (nSPS) is 17.5. The summed E-state index contributed by atoms with van der Waals surface area (Å²) in [4.78, 5) is 16.4. The van der Waals surface area contributed by atoms with Gasteiger partial charge < -0.3 is 4.74 Å². The van der Waals surface area contributed by atoms with E-state index in [0.29, 0.717) is 25.9 Å². The minimum absolute atomic E-state index is 0.00633. The van der Waals surface area contributed by atoms with Gasteiger partial charge in [-0.25, -0.2) is 9.78 Å².